The smallest absolute Gasteiger partial charge is 0.271 e. The van der Waals surface area contributed by atoms with Gasteiger partial charge in [-0.1, -0.05) is 0 Å². The van der Waals surface area contributed by atoms with Crippen LogP contribution in [-0.2, 0) is 12.8 Å². The fraction of sp³-hybridized carbons (Fsp3) is 0.500. The van der Waals surface area contributed by atoms with Gasteiger partial charge in [-0.3, -0.25) is 4.79 Å². The first kappa shape index (κ1) is 16.7. The molecule has 1 N–H and O–H groups in total. The number of hydrogen-bond donors (Lipinski definition) is 1. The first-order valence-corrected chi connectivity index (χ1v) is 9.00. The maximum absolute atomic E-state index is 12.2. The van der Waals surface area contributed by atoms with Gasteiger partial charge in [-0.2, -0.15) is 5.10 Å². The van der Waals surface area contributed by atoms with Crippen LogP contribution in [0.5, 0.6) is 0 Å². The van der Waals surface area contributed by atoms with Crippen molar-refractivity contribution in [2.24, 2.45) is 5.92 Å². The SMILES string of the molecule is CN(C)c1ccc(C(=O)NCC2CN(c3cc4c(nn3)CCC4)C2)nn1. The number of rotatable bonds is 5. The zero-order chi connectivity index (χ0) is 18.1. The number of hydrogen-bond acceptors (Lipinski definition) is 7. The molecule has 8 nitrogen and oxygen atoms in total. The average molecular weight is 353 g/mol. The maximum atomic E-state index is 12.2. The summed E-state index contributed by atoms with van der Waals surface area (Å²) in [7, 11) is 3.77. The molecule has 1 aliphatic heterocycles. The van der Waals surface area contributed by atoms with E-state index in [1.165, 1.54) is 12.0 Å². The molecule has 0 saturated carbocycles. The predicted octanol–water partition coefficient (Wildman–Crippen LogP) is 0.687. The van der Waals surface area contributed by atoms with Crippen LogP contribution < -0.4 is 15.1 Å². The van der Waals surface area contributed by atoms with E-state index in [0.29, 0.717) is 18.2 Å². The molecular weight excluding hydrogens is 330 g/mol. The summed E-state index contributed by atoms with van der Waals surface area (Å²) in [5.41, 5.74) is 2.84. The number of carbonyl (C=O) groups is 1. The molecule has 8 heteroatoms. The Balaban J connectivity index is 1.26. The summed E-state index contributed by atoms with van der Waals surface area (Å²) >= 11 is 0. The Labute approximate surface area is 152 Å². The molecule has 4 rings (SSSR count). The van der Waals surface area contributed by atoms with Crippen LogP contribution >= 0.6 is 0 Å². The third kappa shape index (κ3) is 3.31. The van der Waals surface area contributed by atoms with Gasteiger partial charge in [-0.05, 0) is 43.0 Å². The molecule has 0 atom stereocenters. The topological polar surface area (TPSA) is 87.1 Å². The van der Waals surface area contributed by atoms with Crippen molar-refractivity contribution < 1.29 is 4.79 Å². The van der Waals surface area contributed by atoms with Crippen LogP contribution in [0.25, 0.3) is 0 Å². The first-order valence-electron chi connectivity index (χ1n) is 9.00. The van der Waals surface area contributed by atoms with Crippen molar-refractivity contribution in [1.29, 1.82) is 0 Å². The summed E-state index contributed by atoms with van der Waals surface area (Å²) in [6.07, 6.45) is 3.34. The molecule has 1 aliphatic carbocycles. The molecule has 0 spiro atoms. The molecule has 1 saturated heterocycles. The monoisotopic (exact) mass is 353 g/mol. The number of aromatic nitrogens is 4. The van der Waals surface area contributed by atoms with Gasteiger partial charge in [-0.15, -0.1) is 15.3 Å². The van der Waals surface area contributed by atoms with Gasteiger partial charge in [0.05, 0.1) is 5.69 Å². The Morgan fingerprint density at radius 3 is 2.77 bits per heavy atom. The average Bonchev–Trinajstić information content (AvgIpc) is 3.08. The van der Waals surface area contributed by atoms with Crippen LogP contribution in [0.15, 0.2) is 18.2 Å². The molecule has 0 unspecified atom stereocenters. The number of anilines is 2. The van der Waals surface area contributed by atoms with Gasteiger partial charge in [0.15, 0.2) is 17.3 Å². The van der Waals surface area contributed by atoms with Crippen molar-refractivity contribution in [3.05, 3.63) is 35.2 Å². The zero-order valence-corrected chi connectivity index (χ0v) is 15.1. The molecule has 0 bridgehead atoms. The molecule has 2 aliphatic rings. The van der Waals surface area contributed by atoms with Gasteiger partial charge in [-0.25, -0.2) is 0 Å². The minimum atomic E-state index is -0.182. The molecule has 3 heterocycles. The van der Waals surface area contributed by atoms with Crippen molar-refractivity contribution in [3.63, 3.8) is 0 Å². The van der Waals surface area contributed by atoms with Crippen LogP contribution in [0.3, 0.4) is 0 Å². The predicted molar refractivity (Wildman–Crippen MR) is 98.5 cm³/mol. The third-order valence-electron chi connectivity index (χ3n) is 4.98. The number of carbonyl (C=O) groups excluding carboxylic acids is 1. The summed E-state index contributed by atoms with van der Waals surface area (Å²) in [6, 6.07) is 5.66. The Hall–Kier alpha value is -2.77. The number of aryl methyl sites for hydroxylation is 2. The second-order valence-corrected chi connectivity index (χ2v) is 7.18. The molecule has 2 aromatic rings. The van der Waals surface area contributed by atoms with Gasteiger partial charge in [0.1, 0.15) is 0 Å². The fourth-order valence-electron chi connectivity index (χ4n) is 3.37. The Kier molecular flexibility index (Phi) is 4.40. The van der Waals surface area contributed by atoms with Crippen molar-refractivity contribution in [2.45, 2.75) is 19.3 Å². The number of fused-ring (bicyclic) bond motifs is 1. The molecule has 26 heavy (non-hydrogen) atoms. The van der Waals surface area contributed by atoms with Gasteiger partial charge in [0.25, 0.3) is 5.91 Å². The van der Waals surface area contributed by atoms with E-state index in [1.807, 2.05) is 19.0 Å². The van der Waals surface area contributed by atoms with Crippen LogP contribution in [0.1, 0.15) is 28.2 Å². The fourth-order valence-corrected chi connectivity index (χ4v) is 3.37. The van der Waals surface area contributed by atoms with Crippen LogP contribution in [0.2, 0.25) is 0 Å². The lowest BCUT2D eigenvalue weighted by molar-refractivity contribution is 0.0938. The van der Waals surface area contributed by atoms with E-state index in [9.17, 15) is 4.79 Å². The lowest BCUT2D eigenvalue weighted by Crippen LogP contribution is -2.52. The molecular formula is C18H23N7O. The van der Waals surface area contributed by atoms with E-state index in [-0.39, 0.29) is 5.91 Å². The highest BCUT2D eigenvalue weighted by atomic mass is 16.1. The number of nitrogens with one attached hydrogen (secondary N) is 1. The van der Waals surface area contributed by atoms with E-state index >= 15 is 0 Å². The lowest BCUT2D eigenvalue weighted by Gasteiger charge is -2.40. The highest BCUT2D eigenvalue weighted by molar-refractivity contribution is 5.92. The Morgan fingerprint density at radius 2 is 2.04 bits per heavy atom. The van der Waals surface area contributed by atoms with E-state index in [4.69, 9.17) is 0 Å². The molecule has 2 aromatic heterocycles. The van der Waals surface area contributed by atoms with Crippen molar-refractivity contribution in [1.82, 2.24) is 25.7 Å². The van der Waals surface area contributed by atoms with Gasteiger partial charge >= 0.3 is 0 Å². The first-order chi connectivity index (χ1) is 12.6. The van der Waals surface area contributed by atoms with Crippen molar-refractivity contribution >= 4 is 17.5 Å². The number of nitrogens with zero attached hydrogens (tertiary/aromatic N) is 6. The zero-order valence-electron chi connectivity index (χ0n) is 15.1. The van der Waals surface area contributed by atoms with Gasteiger partial charge < -0.3 is 15.1 Å². The highest BCUT2D eigenvalue weighted by Crippen LogP contribution is 2.26. The molecule has 1 amide bonds. The summed E-state index contributed by atoms with van der Waals surface area (Å²) in [6.45, 7) is 2.41. The minimum absolute atomic E-state index is 0.182. The highest BCUT2D eigenvalue weighted by Gasteiger charge is 2.29. The second-order valence-electron chi connectivity index (χ2n) is 7.18. The Morgan fingerprint density at radius 1 is 1.19 bits per heavy atom. The third-order valence-corrected chi connectivity index (χ3v) is 4.98. The van der Waals surface area contributed by atoms with E-state index in [0.717, 1.165) is 43.3 Å². The van der Waals surface area contributed by atoms with Crippen molar-refractivity contribution in [2.75, 3.05) is 43.5 Å². The number of amides is 1. The molecule has 1 fully saturated rings. The summed E-state index contributed by atoms with van der Waals surface area (Å²) in [5, 5.41) is 19.6. The van der Waals surface area contributed by atoms with Gasteiger partial charge in [0.2, 0.25) is 0 Å². The summed E-state index contributed by atoms with van der Waals surface area (Å²) in [5.74, 6) is 1.92. The maximum Gasteiger partial charge on any atom is 0.271 e. The normalized spacial score (nSPS) is 16.2. The lowest BCUT2D eigenvalue weighted by atomic mass is 10.00. The molecule has 0 aromatic carbocycles. The Bertz CT molecular complexity index is 800. The summed E-state index contributed by atoms with van der Waals surface area (Å²) < 4.78 is 0. The van der Waals surface area contributed by atoms with E-state index in [1.54, 1.807) is 12.1 Å². The summed E-state index contributed by atoms with van der Waals surface area (Å²) in [4.78, 5) is 16.2. The van der Waals surface area contributed by atoms with Crippen LogP contribution in [0, 0.1) is 5.92 Å². The largest absolute Gasteiger partial charge is 0.361 e. The van der Waals surface area contributed by atoms with Crippen molar-refractivity contribution in [3.8, 4) is 0 Å². The minimum Gasteiger partial charge on any atom is -0.361 e. The second kappa shape index (κ2) is 6.86. The van der Waals surface area contributed by atoms with Gasteiger partial charge in [0, 0.05) is 39.6 Å². The van der Waals surface area contributed by atoms with E-state index in [2.05, 4.69) is 36.7 Å². The standard InChI is InChI=1S/C18H23N7O/c1-24(2)16-7-6-15(21-22-16)18(26)19-9-12-10-25(11-12)17-8-13-4-3-5-14(13)20-23-17/h6-8,12H,3-5,9-11H2,1-2H3,(H,19,26). The van der Waals surface area contributed by atoms with Crippen LogP contribution in [-0.4, -0.2) is 60.0 Å². The van der Waals surface area contributed by atoms with Crippen LogP contribution in [0.4, 0.5) is 11.6 Å². The molecule has 136 valence electrons. The quantitative estimate of drug-likeness (QED) is 0.846. The van der Waals surface area contributed by atoms with E-state index < -0.39 is 0 Å². The molecule has 0 radical (unpaired) electrons.